The number of hydrogen-bond acceptors (Lipinski definition) is 2. The molecule has 5 unspecified atom stereocenters. The second-order valence-electron chi connectivity index (χ2n) is 8.01. The zero-order valence-electron chi connectivity index (χ0n) is 15.8. The predicted molar refractivity (Wildman–Crippen MR) is 99.4 cm³/mol. The molecule has 1 aromatic carbocycles. The number of rotatable bonds is 3. The maximum absolute atomic E-state index is 12.6. The molecule has 1 saturated carbocycles. The molecule has 2 fully saturated rings. The van der Waals surface area contributed by atoms with Crippen LogP contribution in [0.15, 0.2) is 18.2 Å². The van der Waals surface area contributed by atoms with E-state index in [4.69, 9.17) is 0 Å². The van der Waals surface area contributed by atoms with Crippen molar-refractivity contribution in [1.82, 2.24) is 10.6 Å². The van der Waals surface area contributed by atoms with Gasteiger partial charge in [-0.15, -0.1) is 0 Å². The molecule has 0 bridgehead atoms. The van der Waals surface area contributed by atoms with Gasteiger partial charge in [0.05, 0.1) is 0 Å². The first kappa shape index (κ1) is 18.0. The van der Waals surface area contributed by atoms with Gasteiger partial charge in [-0.2, -0.15) is 0 Å². The van der Waals surface area contributed by atoms with Crippen molar-refractivity contribution >= 4 is 11.8 Å². The minimum absolute atomic E-state index is 0.00290. The Balaban J connectivity index is 1.65. The van der Waals surface area contributed by atoms with Crippen LogP contribution in [0, 0.1) is 31.6 Å². The molecule has 1 aromatic rings. The van der Waals surface area contributed by atoms with Crippen molar-refractivity contribution in [3.05, 3.63) is 34.9 Å². The molecule has 2 amide bonds. The summed E-state index contributed by atoms with van der Waals surface area (Å²) in [6.45, 7) is 8.34. The highest BCUT2D eigenvalue weighted by molar-refractivity contribution is 5.94. The van der Waals surface area contributed by atoms with Gasteiger partial charge in [0, 0.05) is 23.6 Å². The van der Waals surface area contributed by atoms with Crippen molar-refractivity contribution in [3.63, 3.8) is 0 Å². The SMILES string of the molecule is CCC1C(=O)NC2CC(NC(=O)c3cc(C)cc(C)c3)CCC2C1C. The molecular formula is C21H30N2O2. The van der Waals surface area contributed by atoms with Crippen molar-refractivity contribution in [3.8, 4) is 0 Å². The molecular weight excluding hydrogens is 312 g/mol. The van der Waals surface area contributed by atoms with Gasteiger partial charge >= 0.3 is 0 Å². The number of aryl methyl sites for hydroxylation is 2. The number of benzene rings is 1. The van der Waals surface area contributed by atoms with Crippen molar-refractivity contribution in [2.75, 3.05) is 0 Å². The highest BCUT2D eigenvalue weighted by Gasteiger charge is 2.43. The van der Waals surface area contributed by atoms with Crippen LogP contribution in [-0.2, 0) is 4.79 Å². The smallest absolute Gasteiger partial charge is 0.251 e. The lowest BCUT2D eigenvalue weighted by molar-refractivity contribution is -0.133. The quantitative estimate of drug-likeness (QED) is 0.885. The van der Waals surface area contributed by atoms with Gasteiger partial charge < -0.3 is 10.6 Å². The van der Waals surface area contributed by atoms with Gasteiger partial charge in [-0.3, -0.25) is 9.59 Å². The van der Waals surface area contributed by atoms with E-state index in [1.165, 1.54) is 0 Å². The van der Waals surface area contributed by atoms with Gasteiger partial charge in [0.1, 0.15) is 0 Å². The third-order valence-corrected chi connectivity index (χ3v) is 6.14. The molecule has 0 radical (unpaired) electrons. The van der Waals surface area contributed by atoms with Crippen molar-refractivity contribution in [1.29, 1.82) is 0 Å². The molecule has 1 aliphatic heterocycles. The Labute approximate surface area is 150 Å². The Bertz CT molecular complexity index is 650. The molecule has 4 heteroatoms. The first-order valence-electron chi connectivity index (χ1n) is 9.58. The van der Waals surface area contributed by atoms with Crippen LogP contribution < -0.4 is 10.6 Å². The Morgan fingerprint density at radius 3 is 2.52 bits per heavy atom. The first-order chi connectivity index (χ1) is 11.9. The largest absolute Gasteiger partial charge is 0.353 e. The molecule has 136 valence electrons. The Kier molecular flexibility index (Phi) is 5.16. The van der Waals surface area contributed by atoms with Crippen LogP contribution in [0.1, 0.15) is 61.0 Å². The van der Waals surface area contributed by atoms with Gasteiger partial charge in [0.2, 0.25) is 5.91 Å². The summed E-state index contributed by atoms with van der Waals surface area (Å²) in [7, 11) is 0. The third kappa shape index (κ3) is 3.73. The minimum Gasteiger partial charge on any atom is -0.353 e. The lowest BCUT2D eigenvalue weighted by Gasteiger charge is -2.46. The van der Waals surface area contributed by atoms with Crippen LogP contribution in [0.4, 0.5) is 0 Å². The fourth-order valence-corrected chi connectivity index (χ4v) is 4.88. The van der Waals surface area contributed by atoms with Gasteiger partial charge in [-0.1, -0.05) is 31.0 Å². The predicted octanol–water partition coefficient (Wildman–Crippen LogP) is 3.36. The van der Waals surface area contributed by atoms with Crippen LogP contribution in [0.3, 0.4) is 0 Å². The van der Waals surface area contributed by atoms with Gasteiger partial charge in [-0.05, 0) is 63.5 Å². The van der Waals surface area contributed by atoms with Crippen LogP contribution >= 0.6 is 0 Å². The van der Waals surface area contributed by atoms with E-state index in [0.29, 0.717) is 11.8 Å². The van der Waals surface area contributed by atoms with E-state index < -0.39 is 0 Å². The highest BCUT2D eigenvalue weighted by Crippen LogP contribution is 2.38. The maximum Gasteiger partial charge on any atom is 0.251 e. The average molecular weight is 342 g/mol. The lowest BCUT2D eigenvalue weighted by atomic mass is 9.67. The highest BCUT2D eigenvalue weighted by atomic mass is 16.2. The summed E-state index contributed by atoms with van der Waals surface area (Å²) in [6, 6.07) is 6.28. The molecule has 0 spiro atoms. The summed E-state index contributed by atoms with van der Waals surface area (Å²) in [5.74, 6) is 1.30. The van der Waals surface area contributed by atoms with Crippen molar-refractivity contribution in [2.24, 2.45) is 17.8 Å². The van der Waals surface area contributed by atoms with Crippen LogP contribution in [0.25, 0.3) is 0 Å². The zero-order chi connectivity index (χ0) is 18.1. The molecule has 0 aromatic heterocycles. The van der Waals surface area contributed by atoms with Gasteiger partial charge in [0.25, 0.3) is 5.91 Å². The second kappa shape index (κ2) is 7.19. The minimum atomic E-state index is -0.00290. The molecule has 25 heavy (non-hydrogen) atoms. The lowest BCUT2D eigenvalue weighted by Crippen LogP contribution is -2.58. The van der Waals surface area contributed by atoms with E-state index in [1.54, 1.807) is 0 Å². The van der Waals surface area contributed by atoms with E-state index in [-0.39, 0.29) is 29.8 Å². The van der Waals surface area contributed by atoms with Crippen LogP contribution in [-0.4, -0.2) is 23.9 Å². The van der Waals surface area contributed by atoms with E-state index in [2.05, 4.69) is 30.5 Å². The molecule has 5 atom stereocenters. The number of amides is 2. The summed E-state index contributed by atoms with van der Waals surface area (Å²) >= 11 is 0. The number of piperidine rings is 1. The number of nitrogens with one attached hydrogen (secondary N) is 2. The standard InChI is InChI=1S/C21H30N2O2/c1-5-17-14(4)18-7-6-16(11-19(18)23-21(17)25)22-20(24)15-9-12(2)8-13(3)10-15/h8-10,14,16-19H,5-7,11H2,1-4H3,(H,22,24)(H,23,25). The van der Waals surface area contributed by atoms with E-state index >= 15 is 0 Å². The monoisotopic (exact) mass is 342 g/mol. The van der Waals surface area contributed by atoms with Crippen molar-refractivity contribution in [2.45, 2.75) is 65.5 Å². The molecule has 3 rings (SSSR count). The first-order valence-corrected chi connectivity index (χ1v) is 9.58. The molecule has 1 aliphatic carbocycles. The maximum atomic E-state index is 12.6. The Morgan fingerprint density at radius 1 is 1.20 bits per heavy atom. The summed E-state index contributed by atoms with van der Waals surface area (Å²) in [5.41, 5.74) is 2.94. The summed E-state index contributed by atoms with van der Waals surface area (Å²) < 4.78 is 0. The Hall–Kier alpha value is -1.84. The molecule has 4 nitrogen and oxygen atoms in total. The number of carbonyl (C=O) groups is 2. The van der Waals surface area contributed by atoms with Crippen molar-refractivity contribution < 1.29 is 9.59 Å². The van der Waals surface area contributed by atoms with E-state index in [1.807, 2.05) is 26.0 Å². The third-order valence-electron chi connectivity index (χ3n) is 6.14. The van der Waals surface area contributed by atoms with Gasteiger partial charge in [-0.25, -0.2) is 0 Å². The summed E-state index contributed by atoms with van der Waals surface area (Å²) in [4.78, 5) is 24.9. The molecule has 2 aliphatic rings. The number of hydrogen-bond donors (Lipinski definition) is 2. The number of fused-ring (bicyclic) bond motifs is 1. The molecule has 2 N–H and O–H groups in total. The number of carbonyl (C=O) groups excluding carboxylic acids is 2. The normalized spacial score (nSPS) is 31.8. The van der Waals surface area contributed by atoms with E-state index in [0.717, 1.165) is 42.4 Å². The van der Waals surface area contributed by atoms with Crippen LogP contribution in [0.5, 0.6) is 0 Å². The molecule has 1 heterocycles. The molecule has 1 saturated heterocycles. The summed E-state index contributed by atoms with van der Waals surface area (Å²) in [6.07, 6.45) is 3.81. The Morgan fingerprint density at radius 2 is 1.88 bits per heavy atom. The van der Waals surface area contributed by atoms with Crippen LogP contribution in [0.2, 0.25) is 0 Å². The second-order valence-corrected chi connectivity index (χ2v) is 8.01. The topological polar surface area (TPSA) is 58.2 Å². The summed E-state index contributed by atoms with van der Waals surface area (Å²) in [5, 5.41) is 6.41. The van der Waals surface area contributed by atoms with Gasteiger partial charge in [0.15, 0.2) is 0 Å². The zero-order valence-corrected chi connectivity index (χ0v) is 15.8. The van der Waals surface area contributed by atoms with E-state index in [9.17, 15) is 9.59 Å². The fraction of sp³-hybridized carbons (Fsp3) is 0.619. The average Bonchev–Trinajstić information content (AvgIpc) is 2.54. The fourth-order valence-electron chi connectivity index (χ4n) is 4.88.